The zero-order valence-electron chi connectivity index (χ0n) is 15.7. The van der Waals surface area contributed by atoms with Gasteiger partial charge in [0.15, 0.2) is 17.5 Å². The van der Waals surface area contributed by atoms with E-state index in [1.807, 2.05) is 18.2 Å². The molecule has 1 fully saturated rings. The molecule has 0 bridgehead atoms. The summed E-state index contributed by atoms with van der Waals surface area (Å²) in [6, 6.07) is 6.53. The highest BCUT2D eigenvalue weighted by molar-refractivity contribution is 14.0. The van der Waals surface area contributed by atoms with Gasteiger partial charge in [0.1, 0.15) is 0 Å². The molecule has 1 aromatic rings. The van der Waals surface area contributed by atoms with Crippen molar-refractivity contribution < 1.29 is 9.47 Å². The SMILES string of the molecule is CCN1CCCC1CNC(=NC)NCc1ccc(OC)c(OC)c1.I. The van der Waals surface area contributed by atoms with Gasteiger partial charge in [-0.15, -0.1) is 24.0 Å². The molecule has 7 heteroatoms. The summed E-state index contributed by atoms with van der Waals surface area (Å²) in [5, 5.41) is 6.79. The largest absolute Gasteiger partial charge is 0.493 e. The summed E-state index contributed by atoms with van der Waals surface area (Å²) in [5.41, 5.74) is 1.12. The topological polar surface area (TPSA) is 58.1 Å². The molecule has 2 N–H and O–H groups in total. The van der Waals surface area contributed by atoms with Crippen molar-refractivity contribution in [2.45, 2.75) is 32.4 Å². The van der Waals surface area contributed by atoms with Gasteiger partial charge in [0.2, 0.25) is 0 Å². The summed E-state index contributed by atoms with van der Waals surface area (Å²) in [6.07, 6.45) is 2.55. The van der Waals surface area contributed by atoms with Crippen molar-refractivity contribution in [3.63, 3.8) is 0 Å². The zero-order chi connectivity index (χ0) is 17.4. The second-order valence-corrected chi connectivity index (χ2v) is 5.92. The number of likely N-dealkylation sites (tertiary alicyclic amines) is 1. The molecule has 1 aliphatic rings. The lowest BCUT2D eigenvalue weighted by molar-refractivity contribution is 0.267. The number of hydrogen-bond acceptors (Lipinski definition) is 4. The van der Waals surface area contributed by atoms with Gasteiger partial charge >= 0.3 is 0 Å². The van der Waals surface area contributed by atoms with Gasteiger partial charge < -0.3 is 20.1 Å². The molecule has 0 amide bonds. The van der Waals surface area contributed by atoms with Crippen LogP contribution < -0.4 is 20.1 Å². The van der Waals surface area contributed by atoms with Crippen LogP contribution >= 0.6 is 24.0 Å². The van der Waals surface area contributed by atoms with E-state index in [1.165, 1.54) is 19.4 Å². The van der Waals surface area contributed by atoms with E-state index in [-0.39, 0.29) is 24.0 Å². The van der Waals surface area contributed by atoms with Crippen LogP contribution in [0.5, 0.6) is 11.5 Å². The summed E-state index contributed by atoms with van der Waals surface area (Å²) in [7, 11) is 5.09. The second-order valence-electron chi connectivity index (χ2n) is 5.92. The van der Waals surface area contributed by atoms with Gasteiger partial charge in [-0.05, 0) is 43.6 Å². The number of rotatable bonds is 7. The second kappa shape index (κ2) is 11.4. The van der Waals surface area contributed by atoms with Crippen LogP contribution in [0.15, 0.2) is 23.2 Å². The number of aliphatic imine (C=N–C) groups is 1. The maximum atomic E-state index is 5.35. The Labute approximate surface area is 168 Å². The summed E-state index contributed by atoms with van der Waals surface area (Å²) in [4.78, 5) is 6.83. The molecule has 1 aliphatic heterocycles. The van der Waals surface area contributed by atoms with Crippen LogP contribution in [0, 0.1) is 0 Å². The zero-order valence-corrected chi connectivity index (χ0v) is 18.0. The van der Waals surface area contributed by atoms with Crippen molar-refractivity contribution in [1.29, 1.82) is 0 Å². The van der Waals surface area contributed by atoms with E-state index in [4.69, 9.17) is 9.47 Å². The van der Waals surface area contributed by atoms with E-state index < -0.39 is 0 Å². The number of halogens is 1. The minimum Gasteiger partial charge on any atom is -0.493 e. The number of guanidine groups is 1. The molecular weight excluding hydrogens is 431 g/mol. The van der Waals surface area contributed by atoms with Crippen molar-refractivity contribution in [2.75, 3.05) is 40.9 Å². The first kappa shape index (κ1) is 21.8. The van der Waals surface area contributed by atoms with E-state index >= 15 is 0 Å². The van der Waals surface area contributed by atoms with Crippen LogP contribution in [-0.4, -0.2) is 57.8 Å². The van der Waals surface area contributed by atoms with Gasteiger partial charge in [0, 0.05) is 26.2 Å². The monoisotopic (exact) mass is 462 g/mol. The molecule has 1 atom stereocenters. The molecule has 1 unspecified atom stereocenters. The van der Waals surface area contributed by atoms with Crippen molar-refractivity contribution in [2.24, 2.45) is 4.99 Å². The fraction of sp³-hybridized carbons (Fsp3) is 0.611. The molecule has 1 heterocycles. The number of methoxy groups -OCH3 is 2. The minimum atomic E-state index is 0. The number of nitrogens with one attached hydrogen (secondary N) is 2. The van der Waals surface area contributed by atoms with Crippen LogP contribution in [0.1, 0.15) is 25.3 Å². The molecule has 0 aliphatic carbocycles. The van der Waals surface area contributed by atoms with E-state index in [9.17, 15) is 0 Å². The Bertz CT molecular complexity index is 554. The van der Waals surface area contributed by atoms with E-state index in [2.05, 4.69) is 27.4 Å². The molecular formula is C18H31IN4O2. The van der Waals surface area contributed by atoms with Crippen LogP contribution in [-0.2, 0) is 6.54 Å². The molecule has 0 aromatic heterocycles. The standard InChI is InChI=1S/C18H30N4O2.HI/c1-5-22-10-6-7-15(22)13-21-18(19-2)20-12-14-8-9-16(23-3)17(11-14)24-4;/h8-9,11,15H,5-7,10,12-13H2,1-4H3,(H2,19,20,21);1H. The van der Waals surface area contributed by atoms with Crippen LogP contribution in [0.3, 0.4) is 0 Å². The lowest BCUT2D eigenvalue weighted by Gasteiger charge is -2.24. The van der Waals surface area contributed by atoms with Gasteiger partial charge in [0.25, 0.3) is 0 Å². The number of likely N-dealkylation sites (N-methyl/N-ethyl adjacent to an activating group) is 1. The van der Waals surface area contributed by atoms with Crippen molar-refractivity contribution >= 4 is 29.9 Å². The van der Waals surface area contributed by atoms with Crippen LogP contribution in [0.4, 0.5) is 0 Å². The van der Waals surface area contributed by atoms with Crippen LogP contribution in [0.25, 0.3) is 0 Å². The lowest BCUT2D eigenvalue weighted by Crippen LogP contribution is -2.44. The molecule has 0 saturated carbocycles. The van der Waals surface area contributed by atoms with Crippen molar-refractivity contribution in [3.05, 3.63) is 23.8 Å². The third-order valence-electron chi connectivity index (χ3n) is 4.54. The Morgan fingerprint density at radius 1 is 1.24 bits per heavy atom. The first-order chi connectivity index (χ1) is 11.7. The van der Waals surface area contributed by atoms with Crippen molar-refractivity contribution in [3.8, 4) is 11.5 Å². The van der Waals surface area contributed by atoms with Crippen molar-refractivity contribution in [1.82, 2.24) is 15.5 Å². The van der Waals surface area contributed by atoms with E-state index in [0.717, 1.165) is 36.1 Å². The Kier molecular flexibility index (Phi) is 9.96. The number of hydrogen-bond donors (Lipinski definition) is 2. The van der Waals surface area contributed by atoms with E-state index in [0.29, 0.717) is 12.6 Å². The highest BCUT2D eigenvalue weighted by Crippen LogP contribution is 2.27. The number of nitrogens with zero attached hydrogens (tertiary/aromatic N) is 2. The summed E-state index contributed by atoms with van der Waals surface area (Å²) >= 11 is 0. The van der Waals surface area contributed by atoms with Gasteiger partial charge in [-0.3, -0.25) is 9.89 Å². The fourth-order valence-electron chi connectivity index (χ4n) is 3.15. The first-order valence-corrected chi connectivity index (χ1v) is 8.61. The smallest absolute Gasteiger partial charge is 0.191 e. The third kappa shape index (κ3) is 6.22. The maximum Gasteiger partial charge on any atom is 0.191 e. The predicted octanol–water partition coefficient (Wildman–Crippen LogP) is 2.47. The van der Waals surface area contributed by atoms with Gasteiger partial charge in [-0.25, -0.2) is 0 Å². The maximum absolute atomic E-state index is 5.35. The average molecular weight is 462 g/mol. The third-order valence-corrected chi connectivity index (χ3v) is 4.54. The molecule has 0 radical (unpaired) electrons. The Morgan fingerprint density at radius 2 is 2.00 bits per heavy atom. The molecule has 1 aromatic carbocycles. The summed E-state index contributed by atoms with van der Waals surface area (Å²) in [5.74, 6) is 2.31. The lowest BCUT2D eigenvalue weighted by atomic mass is 10.2. The molecule has 6 nitrogen and oxygen atoms in total. The number of benzene rings is 1. The normalized spacial score (nSPS) is 17.8. The van der Waals surface area contributed by atoms with Crippen LogP contribution in [0.2, 0.25) is 0 Å². The quantitative estimate of drug-likeness (QED) is 0.371. The molecule has 2 rings (SSSR count). The predicted molar refractivity (Wildman–Crippen MR) is 113 cm³/mol. The summed E-state index contributed by atoms with van der Waals surface area (Å²) in [6.45, 7) is 6.16. The van der Waals surface area contributed by atoms with Gasteiger partial charge in [-0.1, -0.05) is 13.0 Å². The Hall–Kier alpha value is -1.22. The molecule has 142 valence electrons. The average Bonchev–Trinajstić information content (AvgIpc) is 3.09. The Balaban J connectivity index is 0.00000312. The molecule has 25 heavy (non-hydrogen) atoms. The number of ether oxygens (including phenoxy) is 2. The molecule has 0 spiro atoms. The Morgan fingerprint density at radius 3 is 2.64 bits per heavy atom. The highest BCUT2D eigenvalue weighted by Gasteiger charge is 2.22. The van der Waals surface area contributed by atoms with Gasteiger partial charge in [-0.2, -0.15) is 0 Å². The fourth-order valence-corrected chi connectivity index (χ4v) is 3.15. The van der Waals surface area contributed by atoms with E-state index in [1.54, 1.807) is 21.3 Å². The first-order valence-electron chi connectivity index (χ1n) is 8.61. The highest BCUT2D eigenvalue weighted by atomic mass is 127. The minimum absolute atomic E-state index is 0. The summed E-state index contributed by atoms with van der Waals surface area (Å²) < 4.78 is 10.6. The molecule has 1 saturated heterocycles. The van der Waals surface area contributed by atoms with Gasteiger partial charge in [0.05, 0.1) is 14.2 Å².